The molecule has 1 aliphatic rings. The van der Waals surface area contributed by atoms with Crippen molar-refractivity contribution in [3.8, 4) is 5.75 Å². The molecule has 1 heterocycles. The highest BCUT2D eigenvalue weighted by Crippen LogP contribution is 2.40. The normalized spacial score (nSPS) is 16.9. The molecule has 2 N–H and O–H groups in total. The third-order valence-corrected chi connectivity index (χ3v) is 3.87. The Bertz CT molecular complexity index is 639. The monoisotopic (exact) mass is 282 g/mol. The molecule has 0 aromatic heterocycles. The first-order valence-corrected chi connectivity index (χ1v) is 7.59. The maximum absolute atomic E-state index is 6.06. The fourth-order valence-electron chi connectivity index (χ4n) is 3.01. The van der Waals surface area contributed by atoms with Gasteiger partial charge in [-0.15, -0.1) is 0 Å². The molecule has 0 spiro atoms. The van der Waals surface area contributed by atoms with E-state index in [-0.39, 0.29) is 0 Å². The van der Waals surface area contributed by atoms with Gasteiger partial charge in [-0.2, -0.15) is 0 Å². The molecular formula is C18H22N2O. The third-order valence-electron chi connectivity index (χ3n) is 3.87. The number of nitrogens with zero attached hydrogens (tertiary/aromatic N) is 1. The molecule has 0 radical (unpaired) electrons. The number of anilines is 3. The average Bonchev–Trinajstić information content (AvgIpc) is 2.80. The zero-order chi connectivity index (χ0) is 14.8. The van der Waals surface area contributed by atoms with Gasteiger partial charge in [0, 0.05) is 35.2 Å². The summed E-state index contributed by atoms with van der Waals surface area (Å²) < 4.78 is 5.75. The first kappa shape index (κ1) is 13.8. The minimum absolute atomic E-state index is 0.434. The molecule has 1 unspecified atom stereocenters. The van der Waals surface area contributed by atoms with E-state index in [1.54, 1.807) is 0 Å². The summed E-state index contributed by atoms with van der Waals surface area (Å²) in [6.07, 6.45) is 2.06. The number of hydrogen-bond acceptors (Lipinski definition) is 3. The maximum Gasteiger partial charge on any atom is 0.123 e. The first-order valence-electron chi connectivity index (χ1n) is 7.59. The zero-order valence-electron chi connectivity index (χ0n) is 12.7. The average molecular weight is 282 g/mol. The second-order valence-corrected chi connectivity index (χ2v) is 5.66. The van der Waals surface area contributed by atoms with Crippen LogP contribution in [0.5, 0.6) is 5.75 Å². The van der Waals surface area contributed by atoms with Gasteiger partial charge < -0.3 is 15.4 Å². The molecule has 1 atom stereocenters. The maximum atomic E-state index is 6.06. The van der Waals surface area contributed by atoms with Crippen LogP contribution in [-0.2, 0) is 6.42 Å². The van der Waals surface area contributed by atoms with Crippen molar-refractivity contribution in [1.82, 2.24) is 0 Å². The van der Waals surface area contributed by atoms with E-state index < -0.39 is 0 Å². The van der Waals surface area contributed by atoms with E-state index in [2.05, 4.69) is 49.1 Å². The highest BCUT2D eigenvalue weighted by atomic mass is 16.5. The molecule has 0 aliphatic carbocycles. The Kier molecular flexibility index (Phi) is 3.74. The van der Waals surface area contributed by atoms with Crippen molar-refractivity contribution in [2.24, 2.45) is 0 Å². The Balaban J connectivity index is 1.98. The third kappa shape index (κ3) is 2.68. The van der Waals surface area contributed by atoms with E-state index in [0.717, 1.165) is 36.6 Å². The summed E-state index contributed by atoms with van der Waals surface area (Å²) in [5.74, 6) is 0.850. The molecule has 110 valence electrons. The topological polar surface area (TPSA) is 38.5 Å². The van der Waals surface area contributed by atoms with Crippen LogP contribution in [0.15, 0.2) is 42.5 Å². The van der Waals surface area contributed by atoms with Crippen molar-refractivity contribution in [3.63, 3.8) is 0 Å². The number of nitrogen functional groups attached to an aromatic ring is 1. The molecule has 3 heteroatoms. The Morgan fingerprint density at radius 1 is 1.24 bits per heavy atom. The lowest BCUT2D eigenvalue weighted by Gasteiger charge is -2.26. The summed E-state index contributed by atoms with van der Waals surface area (Å²) >= 11 is 0. The van der Waals surface area contributed by atoms with Crippen LogP contribution >= 0.6 is 0 Å². The van der Waals surface area contributed by atoms with Crippen molar-refractivity contribution >= 4 is 17.1 Å². The summed E-state index contributed by atoms with van der Waals surface area (Å²) in [6.45, 7) is 5.07. The van der Waals surface area contributed by atoms with Crippen LogP contribution < -0.4 is 15.4 Å². The van der Waals surface area contributed by atoms with E-state index in [1.807, 2.05) is 12.1 Å². The molecule has 0 amide bonds. The largest absolute Gasteiger partial charge is 0.493 e. The predicted molar refractivity (Wildman–Crippen MR) is 88.4 cm³/mol. The molecular weight excluding hydrogens is 260 g/mol. The van der Waals surface area contributed by atoms with Gasteiger partial charge in [0.25, 0.3) is 0 Å². The highest BCUT2D eigenvalue weighted by molar-refractivity contribution is 5.74. The van der Waals surface area contributed by atoms with Crippen LogP contribution in [0.4, 0.5) is 17.1 Å². The molecule has 0 fully saturated rings. The van der Waals surface area contributed by atoms with Crippen LogP contribution in [0.25, 0.3) is 0 Å². The summed E-state index contributed by atoms with van der Waals surface area (Å²) in [5, 5.41) is 0. The van der Waals surface area contributed by atoms with Crippen molar-refractivity contribution in [2.75, 3.05) is 17.2 Å². The van der Waals surface area contributed by atoms with E-state index in [4.69, 9.17) is 10.5 Å². The Morgan fingerprint density at radius 3 is 2.86 bits per heavy atom. The van der Waals surface area contributed by atoms with Crippen LogP contribution in [0, 0.1) is 0 Å². The highest BCUT2D eigenvalue weighted by Gasteiger charge is 2.27. The van der Waals surface area contributed by atoms with Gasteiger partial charge in [0.2, 0.25) is 0 Å². The number of fused-ring (bicyclic) bond motifs is 1. The van der Waals surface area contributed by atoms with Crippen LogP contribution in [0.3, 0.4) is 0 Å². The van der Waals surface area contributed by atoms with E-state index in [0.29, 0.717) is 6.04 Å². The lowest BCUT2D eigenvalue weighted by Crippen LogP contribution is -2.24. The predicted octanol–water partition coefficient (Wildman–Crippen LogP) is 4.14. The molecule has 21 heavy (non-hydrogen) atoms. The number of hydrogen-bond donors (Lipinski definition) is 1. The van der Waals surface area contributed by atoms with Gasteiger partial charge in [-0.1, -0.05) is 25.1 Å². The molecule has 3 nitrogen and oxygen atoms in total. The number of para-hydroxylation sites is 1. The number of nitrogens with two attached hydrogens (primary N) is 1. The SMILES string of the molecule is CCCOc1cc(N)cc(N2c3ccccc3CC2C)c1. The number of benzene rings is 2. The summed E-state index contributed by atoms with van der Waals surface area (Å²) in [5.41, 5.74) is 10.6. The second kappa shape index (κ2) is 5.68. The lowest BCUT2D eigenvalue weighted by atomic mass is 10.1. The minimum atomic E-state index is 0.434. The zero-order valence-corrected chi connectivity index (χ0v) is 12.7. The quantitative estimate of drug-likeness (QED) is 0.856. The number of ether oxygens (including phenoxy) is 1. The van der Waals surface area contributed by atoms with Crippen molar-refractivity contribution in [2.45, 2.75) is 32.7 Å². The second-order valence-electron chi connectivity index (χ2n) is 5.66. The fourth-order valence-corrected chi connectivity index (χ4v) is 3.01. The number of rotatable bonds is 4. The standard InChI is InChI=1S/C18H22N2O/c1-3-8-21-17-11-15(19)10-16(12-17)20-13(2)9-14-6-4-5-7-18(14)20/h4-7,10-13H,3,8-9,19H2,1-2H3. The molecule has 2 aromatic carbocycles. The minimum Gasteiger partial charge on any atom is -0.493 e. The van der Waals surface area contributed by atoms with Gasteiger partial charge in [-0.3, -0.25) is 0 Å². The van der Waals surface area contributed by atoms with Crippen LogP contribution in [0.2, 0.25) is 0 Å². The molecule has 2 aromatic rings. The lowest BCUT2D eigenvalue weighted by molar-refractivity contribution is 0.317. The van der Waals surface area contributed by atoms with Gasteiger partial charge in [-0.05, 0) is 37.5 Å². The van der Waals surface area contributed by atoms with Gasteiger partial charge in [0.05, 0.1) is 6.61 Å². The van der Waals surface area contributed by atoms with Gasteiger partial charge in [0.1, 0.15) is 5.75 Å². The summed E-state index contributed by atoms with van der Waals surface area (Å²) in [4.78, 5) is 2.35. The molecule has 0 saturated carbocycles. The fraction of sp³-hybridized carbons (Fsp3) is 0.333. The van der Waals surface area contributed by atoms with Gasteiger partial charge in [0.15, 0.2) is 0 Å². The van der Waals surface area contributed by atoms with Crippen molar-refractivity contribution in [1.29, 1.82) is 0 Å². The van der Waals surface area contributed by atoms with Gasteiger partial charge >= 0.3 is 0 Å². The van der Waals surface area contributed by atoms with Crippen molar-refractivity contribution in [3.05, 3.63) is 48.0 Å². The van der Waals surface area contributed by atoms with E-state index >= 15 is 0 Å². The molecule has 1 aliphatic heterocycles. The van der Waals surface area contributed by atoms with Gasteiger partial charge in [-0.25, -0.2) is 0 Å². The summed E-state index contributed by atoms with van der Waals surface area (Å²) in [6, 6.07) is 15.0. The van der Waals surface area contributed by atoms with Crippen LogP contribution in [0.1, 0.15) is 25.8 Å². The Hall–Kier alpha value is -2.16. The Morgan fingerprint density at radius 2 is 2.05 bits per heavy atom. The molecule has 0 saturated heterocycles. The van der Waals surface area contributed by atoms with E-state index in [1.165, 1.54) is 11.3 Å². The molecule has 3 rings (SSSR count). The summed E-state index contributed by atoms with van der Waals surface area (Å²) in [7, 11) is 0. The Labute approximate surface area is 126 Å². The van der Waals surface area contributed by atoms with E-state index in [9.17, 15) is 0 Å². The first-order chi connectivity index (χ1) is 10.2. The molecule has 0 bridgehead atoms. The van der Waals surface area contributed by atoms with Crippen molar-refractivity contribution < 1.29 is 4.74 Å². The van der Waals surface area contributed by atoms with Crippen LogP contribution in [-0.4, -0.2) is 12.6 Å². The smallest absolute Gasteiger partial charge is 0.123 e.